The fraction of sp³-hybridized carbons (Fsp3) is 0.467. The average Bonchev–Trinajstić information content (AvgIpc) is 2.48. The Kier molecular flexibility index (Phi) is 5.30. The number of carbonyl (C=O) groups excluding carboxylic acids is 2. The first-order chi connectivity index (χ1) is 10.1. The molecule has 0 aromatic heterocycles. The summed E-state index contributed by atoms with van der Waals surface area (Å²) in [5.41, 5.74) is 6.80. The molecule has 114 valence electrons. The van der Waals surface area contributed by atoms with Gasteiger partial charge in [0.15, 0.2) is 0 Å². The lowest BCUT2D eigenvalue weighted by atomic mass is 10.1. The Morgan fingerprint density at radius 2 is 2.10 bits per heavy atom. The first-order valence-electron chi connectivity index (χ1n) is 7.23. The number of amides is 2. The lowest BCUT2D eigenvalue weighted by molar-refractivity contribution is -0.127. The second kappa shape index (κ2) is 7.19. The van der Waals surface area contributed by atoms with E-state index in [9.17, 15) is 9.59 Å². The van der Waals surface area contributed by atoms with E-state index in [1.54, 1.807) is 12.1 Å². The molecule has 0 spiro atoms. The van der Waals surface area contributed by atoms with E-state index in [1.807, 2.05) is 19.1 Å². The standard InChI is InChI=1S/C15H22N4O2/c1-2-18-15(21)13-9-17-7-8-19(13)10-11-3-5-12(6-4-11)14(16)20/h3-6,13,17H,2,7-10H2,1H3,(H2,16,20)(H,18,21). The quantitative estimate of drug-likeness (QED) is 0.694. The number of nitrogens with one attached hydrogen (secondary N) is 2. The number of piperazine rings is 1. The highest BCUT2D eigenvalue weighted by molar-refractivity contribution is 5.92. The van der Waals surface area contributed by atoms with Crippen LogP contribution in [0.1, 0.15) is 22.8 Å². The Morgan fingerprint density at radius 1 is 1.38 bits per heavy atom. The van der Waals surface area contributed by atoms with Crippen LogP contribution < -0.4 is 16.4 Å². The van der Waals surface area contributed by atoms with Crippen LogP contribution in [-0.2, 0) is 11.3 Å². The van der Waals surface area contributed by atoms with E-state index < -0.39 is 5.91 Å². The summed E-state index contributed by atoms with van der Waals surface area (Å²) in [5.74, 6) is -0.373. The predicted molar refractivity (Wildman–Crippen MR) is 80.7 cm³/mol. The zero-order valence-electron chi connectivity index (χ0n) is 12.3. The van der Waals surface area contributed by atoms with Crippen LogP contribution in [0.15, 0.2) is 24.3 Å². The van der Waals surface area contributed by atoms with Crippen molar-refractivity contribution in [3.05, 3.63) is 35.4 Å². The van der Waals surface area contributed by atoms with Gasteiger partial charge in [-0.1, -0.05) is 12.1 Å². The maximum atomic E-state index is 12.1. The maximum Gasteiger partial charge on any atom is 0.248 e. The van der Waals surface area contributed by atoms with Crippen molar-refractivity contribution < 1.29 is 9.59 Å². The van der Waals surface area contributed by atoms with E-state index in [1.165, 1.54) is 0 Å². The smallest absolute Gasteiger partial charge is 0.248 e. The second-order valence-corrected chi connectivity index (χ2v) is 5.15. The van der Waals surface area contributed by atoms with Crippen LogP contribution in [0.25, 0.3) is 0 Å². The number of nitrogens with zero attached hydrogens (tertiary/aromatic N) is 1. The van der Waals surface area contributed by atoms with Crippen molar-refractivity contribution in [2.45, 2.75) is 19.5 Å². The van der Waals surface area contributed by atoms with Crippen molar-refractivity contribution in [1.29, 1.82) is 0 Å². The van der Waals surface area contributed by atoms with Gasteiger partial charge in [-0.25, -0.2) is 0 Å². The zero-order chi connectivity index (χ0) is 15.2. The molecule has 1 aliphatic heterocycles. The highest BCUT2D eigenvalue weighted by atomic mass is 16.2. The minimum absolute atomic E-state index is 0.0541. The van der Waals surface area contributed by atoms with Crippen LogP contribution in [0.5, 0.6) is 0 Å². The van der Waals surface area contributed by atoms with Gasteiger partial charge < -0.3 is 16.4 Å². The molecule has 0 radical (unpaired) electrons. The number of hydrogen-bond acceptors (Lipinski definition) is 4. The third-order valence-electron chi connectivity index (χ3n) is 3.63. The number of primary amides is 1. The van der Waals surface area contributed by atoms with Gasteiger partial charge in [-0.05, 0) is 24.6 Å². The van der Waals surface area contributed by atoms with Gasteiger partial charge in [-0.15, -0.1) is 0 Å². The highest BCUT2D eigenvalue weighted by Crippen LogP contribution is 2.12. The third kappa shape index (κ3) is 4.03. The van der Waals surface area contributed by atoms with Crippen LogP contribution in [-0.4, -0.2) is 48.9 Å². The molecule has 4 N–H and O–H groups in total. The van der Waals surface area contributed by atoms with E-state index in [4.69, 9.17) is 5.73 Å². The van der Waals surface area contributed by atoms with E-state index in [2.05, 4.69) is 15.5 Å². The molecule has 6 heteroatoms. The van der Waals surface area contributed by atoms with Gasteiger partial charge in [-0.3, -0.25) is 14.5 Å². The van der Waals surface area contributed by atoms with Crippen molar-refractivity contribution in [1.82, 2.24) is 15.5 Å². The minimum atomic E-state index is -0.427. The lowest BCUT2D eigenvalue weighted by Crippen LogP contribution is -2.57. The Hall–Kier alpha value is -1.92. The summed E-state index contributed by atoms with van der Waals surface area (Å²) in [6.45, 7) is 5.58. The number of rotatable bonds is 5. The maximum absolute atomic E-state index is 12.1. The molecule has 1 aromatic carbocycles. The molecule has 0 aliphatic carbocycles. The molecule has 2 rings (SSSR count). The first kappa shape index (κ1) is 15.5. The Balaban J connectivity index is 2.04. The molecule has 1 aliphatic rings. The van der Waals surface area contributed by atoms with Crippen molar-refractivity contribution in [2.24, 2.45) is 5.73 Å². The van der Waals surface area contributed by atoms with Gasteiger partial charge >= 0.3 is 0 Å². The van der Waals surface area contributed by atoms with Crippen LogP contribution in [0, 0.1) is 0 Å². The molecule has 1 fully saturated rings. The molecule has 2 amide bonds. The Bertz CT molecular complexity index is 501. The van der Waals surface area contributed by atoms with Gasteiger partial charge in [0.1, 0.15) is 6.04 Å². The number of carbonyl (C=O) groups is 2. The largest absolute Gasteiger partial charge is 0.366 e. The van der Waals surface area contributed by atoms with Gasteiger partial charge in [0, 0.05) is 38.3 Å². The molecule has 1 atom stereocenters. The second-order valence-electron chi connectivity index (χ2n) is 5.15. The molecule has 1 saturated heterocycles. The van der Waals surface area contributed by atoms with Crippen LogP contribution in [0.4, 0.5) is 0 Å². The summed E-state index contributed by atoms with van der Waals surface area (Å²) in [6, 6.07) is 7.06. The summed E-state index contributed by atoms with van der Waals surface area (Å²) in [7, 11) is 0. The molecule has 6 nitrogen and oxygen atoms in total. The number of likely N-dealkylation sites (N-methyl/N-ethyl adjacent to an activating group) is 1. The molecule has 0 saturated carbocycles. The predicted octanol–water partition coefficient (Wildman–Crippen LogP) is -0.305. The first-order valence-corrected chi connectivity index (χ1v) is 7.23. The van der Waals surface area contributed by atoms with Crippen molar-refractivity contribution >= 4 is 11.8 Å². The number of nitrogens with two attached hydrogens (primary N) is 1. The van der Waals surface area contributed by atoms with Gasteiger partial charge in [0.25, 0.3) is 0 Å². The van der Waals surface area contributed by atoms with Crippen LogP contribution >= 0.6 is 0 Å². The summed E-state index contributed by atoms with van der Waals surface area (Å²) in [6.07, 6.45) is 0. The summed E-state index contributed by atoms with van der Waals surface area (Å²) in [5, 5.41) is 6.12. The van der Waals surface area contributed by atoms with E-state index in [-0.39, 0.29) is 11.9 Å². The molecule has 1 heterocycles. The zero-order valence-corrected chi connectivity index (χ0v) is 12.3. The molecular formula is C15H22N4O2. The fourth-order valence-corrected chi connectivity index (χ4v) is 2.50. The molecule has 0 bridgehead atoms. The molecular weight excluding hydrogens is 268 g/mol. The summed E-state index contributed by atoms with van der Waals surface area (Å²) < 4.78 is 0. The molecule has 1 unspecified atom stereocenters. The monoisotopic (exact) mass is 290 g/mol. The van der Waals surface area contributed by atoms with Crippen LogP contribution in [0.2, 0.25) is 0 Å². The minimum Gasteiger partial charge on any atom is -0.366 e. The number of hydrogen-bond donors (Lipinski definition) is 3. The van der Waals surface area contributed by atoms with Crippen molar-refractivity contribution in [3.63, 3.8) is 0 Å². The number of benzene rings is 1. The van der Waals surface area contributed by atoms with Gasteiger partial charge in [0.2, 0.25) is 11.8 Å². The van der Waals surface area contributed by atoms with E-state index in [0.717, 1.165) is 18.7 Å². The van der Waals surface area contributed by atoms with E-state index in [0.29, 0.717) is 25.2 Å². The fourth-order valence-electron chi connectivity index (χ4n) is 2.50. The normalized spacial score (nSPS) is 19.2. The Morgan fingerprint density at radius 3 is 2.71 bits per heavy atom. The van der Waals surface area contributed by atoms with Gasteiger partial charge in [-0.2, -0.15) is 0 Å². The summed E-state index contributed by atoms with van der Waals surface area (Å²) in [4.78, 5) is 25.3. The Labute approximate surface area is 124 Å². The van der Waals surface area contributed by atoms with Crippen molar-refractivity contribution in [3.8, 4) is 0 Å². The molecule has 21 heavy (non-hydrogen) atoms. The molecule has 1 aromatic rings. The average molecular weight is 290 g/mol. The third-order valence-corrected chi connectivity index (χ3v) is 3.63. The topological polar surface area (TPSA) is 87.5 Å². The van der Waals surface area contributed by atoms with Crippen LogP contribution in [0.3, 0.4) is 0 Å². The SMILES string of the molecule is CCNC(=O)C1CNCCN1Cc1ccc(C(N)=O)cc1. The highest BCUT2D eigenvalue weighted by Gasteiger charge is 2.28. The summed E-state index contributed by atoms with van der Waals surface area (Å²) >= 11 is 0. The van der Waals surface area contributed by atoms with Gasteiger partial charge in [0.05, 0.1) is 0 Å². The van der Waals surface area contributed by atoms with Crippen molar-refractivity contribution in [2.75, 3.05) is 26.2 Å². The lowest BCUT2D eigenvalue weighted by Gasteiger charge is -2.35. The van der Waals surface area contributed by atoms with E-state index >= 15 is 0 Å².